The second-order valence-electron chi connectivity index (χ2n) is 8.23. The van der Waals surface area contributed by atoms with Gasteiger partial charge in [-0.3, -0.25) is 24.1 Å². The van der Waals surface area contributed by atoms with Crippen molar-refractivity contribution in [3.8, 4) is 0 Å². The van der Waals surface area contributed by atoms with E-state index in [1.165, 1.54) is 15.9 Å². The lowest BCUT2D eigenvalue weighted by Gasteiger charge is -2.29. The summed E-state index contributed by atoms with van der Waals surface area (Å²) in [5, 5.41) is 2.76. The minimum absolute atomic E-state index is 0.0673. The number of anilines is 1. The largest absolute Gasteiger partial charge is 0.345 e. The van der Waals surface area contributed by atoms with Gasteiger partial charge in [-0.2, -0.15) is 0 Å². The Balaban J connectivity index is 1.58. The molecule has 0 atom stereocenters. The van der Waals surface area contributed by atoms with Crippen molar-refractivity contribution >= 4 is 29.3 Å². The summed E-state index contributed by atoms with van der Waals surface area (Å²) in [6.07, 6.45) is 4.81. The third kappa shape index (κ3) is 3.83. The van der Waals surface area contributed by atoms with E-state index in [2.05, 4.69) is 5.32 Å². The maximum Gasteiger partial charge on any atom is 0.261 e. The average molecular weight is 419 g/mol. The molecule has 0 bridgehead atoms. The smallest absolute Gasteiger partial charge is 0.261 e. The van der Waals surface area contributed by atoms with E-state index in [0.29, 0.717) is 16.8 Å². The molecule has 2 aromatic rings. The van der Waals surface area contributed by atoms with Crippen LogP contribution in [-0.4, -0.2) is 53.6 Å². The normalized spacial score (nSPS) is 16.3. The number of carbonyl (C=O) groups is 4. The number of fused-ring (bicyclic) bond motifs is 1. The van der Waals surface area contributed by atoms with E-state index in [1.807, 2.05) is 0 Å². The number of hydrogen-bond acceptors (Lipinski definition) is 4. The molecule has 4 rings (SSSR count). The lowest BCUT2D eigenvalue weighted by Crippen LogP contribution is -2.40. The van der Waals surface area contributed by atoms with E-state index in [9.17, 15) is 19.2 Å². The molecule has 7 nitrogen and oxygen atoms in total. The summed E-state index contributed by atoms with van der Waals surface area (Å²) >= 11 is 0. The second-order valence-corrected chi connectivity index (χ2v) is 8.23. The van der Waals surface area contributed by atoms with Gasteiger partial charge in [-0.25, -0.2) is 0 Å². The van der Waals surface area contributed by atoms with Gasteiger partial charge in [0, 0.05) is 25.7 Å². The Morgan fingerprint density at radius 1 is 0.935 bits per heavy atom. The molecule has 0 spiro atoms. The van der Waals surface area contributed by atoms with Crippen LogP contribution in [-0.2, 0) is 0 Å². The van der Waals surface area contributed by atoms with Crippen LogP contribution in [0.2, 0.25) is 0 Å². The molecule has 1 saturated carbocycles. The van der Waals surface area contributed by atoms with Gasteiger partial charge in [-0.05, 0) is 43.2 Å². The fraction of sp³-hybridized carbons (Fsp3) is 0.333. The predicted molar refractivity (Wildman–Crippen MR) is 116 cm³/mol. The molecule has 1 aliphatic heterocycles. The maximum absolute atomic E-state index is 13.0. The monoisotopic (exact) mass is 419 g/mol. The number of amides is 4. The van der Waals surface area contributed by atoms with Gasteiger partial charge >= 0.3 is 0 Å². The van der Waals surface area contributed by atoms with Crippen molar-refractivity contribution in [2.75, 3.05) is 19.4 Å². The molecular formula is C24H25N3O4. The molecule has 0 unspecified atom stereocenters. The number of nitrogens with zero attached hydrogens (tertiary/aromatic N) is 2. The molecule has 1 aliphatic carbocycles. The highest BCUT2D eigenvalue weighted by atomic mass is 16.2. The average Bonchev–Trinajstić information content (AvgIpc) is 3.03. The molecule has 2 aromatic carbocycles. The van der Waals surface area contributed by atoms with Crippen molar-refractivity contribution in [3.63, 3.8) is 0 Å². The van der Waals surface area contributed by atoms with E-state index < -0.39 is 5.91 Å². The lowest BCUT2D eigenvalue weighted by molar-refractivity contribution is 0.0548. The molecule has 4 amide bonds. The first-order valence-corrected chi connectivity index (χ1v) is 10.5. The number of benzene rings is 2. The number of para-hydroxylation sites is 1. The van der Waals surface area contributed by atoms with Crippen molar-refractivity contribution in [1.29, 1.82) is 0 Å². The van der Waals surface area contributed by atoms with Gasteiger partial charge in [0.05, 0.1) is 22.4 Å². The predicted octanol–water partition coefficient (Wildman–Crippen LogP) is 3.57. The van der Waals surface area contributed by atoms with Gasteiger partial charge in [0.15, 0.2) is 0 Å². The Morgan fingerprint density at radius 2 is 1.61 bits per heavy atom. The first-order chi connectivity index (χ1) is 14.9. The van der Waals surface area contributed by atoms with Gasteiger partial charge in [0.25, 0.3) is 23.6 Å². The Labute approximate surface area is 181 Å². The minimum Gasteiger partial charge on any atom is -0.345 e. The van der Waals surface area contributed by atoms with Crippen molar-refractivity contribution in [2.24, 2.45) is 0 Å². The zero-order chi connectivity index (χ0) is 22.1. The summed E-state index contributed by atoms with van der Waals surface area (Å²) in [4.78, 5) is 53.9. The standard InChI is InChI=1S/C24H25N3O4/c1-26(2)22(29)18-10-6-7-11-20(18)25-21(28)15-12-13-17-19(14-15)24(31)27(23(17)30)16-8-4-3-5-9-16/h6-7,10-14,16H,3-5,8-9H2,1-2H3,(H,25,28). The third-order valence-electron chi connectivity index (χ3n) is 5.93. The number of hydrogen-bond donors (Lipinski definition) is 1. The van der Waals surface area contributed by atoms with E-state index in [1.54, 1.807) is 50.5 Å². The van der Waals surface area contributed by atoms with E-state index in [-0.39, 0.29) is 34.9 Å². The Kier molecular flexibility index (Phi) is 5.59. The molecule has 1 heterocycles. The quantitative estimate of drug-likeness (QED) is 0.768. The summed E-state index contributed by atoms with van der Waals surface area (Å²) in [5.41, 5.74) is 1.63. The summed E-state index contributed by atoms with van der Waals surface area (Å²) in [6.45, 7) is 0. The van der Waals surface area contributed by atoms with E-state index in [0.717, 1.165) is 32.1 Å². The van der Waals surface area contributed by atoms with E-state index in [4.69, 9.17) is 0 Å². The first kappa shape index (κ1) is 20.8. The van der Waals surface area contributed by atoms with Crippen LogP contribution in [0.4, 0.5) is 5.69 Å². The molecule has 1 fully saturated rings. The molecule has 0 saturated heterocycles. The molecule has 31 heavy (non-hydrogen) atoms. The Morgan fingerprint density at radius 3 is 2.32 bits per heavy atom. The summed E-state index contributed by atoms with van der Waals surface area (Å²) in [5.74, 6) is -1.28. The van der Waals surface area contributed by atoms with Crippen molar-refractivity contribution in [2.45, 2.75) is 38.1 Å². The molecule has 1 N–H and O–H groups in total. The second kappa shape index (κ2) is 8.34. The van der Waals surface area contributed by atoms with Gasteiger partial charge in [-0.1, -0.05) is 31.4 Å². The molecular weight excluding hydrogens is 394 g/mol. The van der Waals surface area contributed by atoms with Crippen LogP contribution in [0.5, 0.6) is 0 Å². The van der Waals surface area contributed by atoms with Gasteiger partial charge < -0.3 is 10.2 Å². The number of imide groups is 1. The summed E-state index contributed by atoms with van der Waals surface area (Å²) < 4.78 is 0. The Hall–Kier alpha value is -3.48. The summed E-state index contributed by atoms with van der Waals surface area (Å²) in [6, 6.07) is 11.3. The van der Waals surface area contributed by atoms with Gasteiger partial charge in [0.2, 0.25) is 0 Å². The molecule has 160 valence electrons. The van der Waals surface area contributed by atoms with Crippen LogP contribution in [0.1, 0.15) is 73.5 Å². The van der Waals surface area contributed by atoms with Crippen molar-refractivity contribution in [1.82, 2.24) is 9.80 Å². The fourth-order valence-electron chi connectivity index (χ4n) is 4.29. The molecule has 2 aliphatic rings. The van der Waals surface area contributed by atoms with Crippen molar-refractivity contribution in [3.05, 3.63) is 64.7 Å². The van der Waals surface area contributed by atoms with Crippen LogP contribution < -0.4 is 5.32 Å². The highest BCUT2D eigenvalue weighted by Gasteiger charge is 2.40. The lowest BCUT2D eigenvalue weighted by atomic mass is 9.94. The van der Waals surface area contributed by atoms with Gasteiger partial charge in [-0.15, -0.1) is 0 Å². The van der Waals surface area contributed by atoms with Gasteiger partial charge in [0.1, 0.15) is 0 Å². The van der Waals surface area contributed by atoms with Crippen LogP contribution in [0.15, 0.2) is 42.5 Å². The van der Waals surface area contributed by atoms with Crippen LogP contribution in [0.3, 0.4) is 0 Å². The molecule has 0 aromatic heterocycles. The third-order valence-corrected chi connectivity index (χ3v) is 5.93. The van der Waals surface area contributed by atoms with Crippen LogP contribution >= 0.6 is 0 Å². The highest BCUT2D eigenvalue weighted by Crippen LogP contribution is 2.31. The fourth-order valence-corrected chi connectivity index (χ4v) is 4.29. The first-order valence-electron chi connectivity index (χ1n) is 10.5. The topological polar surface area (TPSA) is 86.8 Å². The number of carbonyl (C=O) groups excluding carboxylic acids is 4. The van der Waals surface area contributed by atoms with Crippen LogP contribution in [0.25, 0.3) is 0 Å². The minimum atomic E-state index is -0.446. The maximum atomic E-state index is 13.0. The highest BCUT2D eigenvalue weighted by molar-refractivity contribution is 6.22. The molecule has 7 heteroatoms. The zero-order valence-corrected chi connectivity index (χ0v) is 17.7. The number of rotatable bonds is 4. The summed E-state index contributed by atoms with van der Waals surface area (Å²) in [7, 11) is 3.28. The zero-order valence-electron chi connectivity index (χ0n) is 17.7. The van der Waals surface area contributed by atoms with E-state index >= 15 is 0 Å². The number of nitrogens with one attached hydrogen (secondary N) is 1. The Bertz CT molecular complexity index is 1070. The molecule has 0 radical (unpaired) electrons. The van der Waals surface area contributed by atoms with Crippen molar-refractivity contribution < 1.29 is 19.2 Å². The SMILES string of the molecule is CN(C)C(=O)c1ccccc1NC(=O)c1ccc2c(c1)C(=O)N(C1CCCCC1)C2=O. The van der Waals surface area contributed by atoms with Crippen LogP contribution in [0, 0.1) is 0 Å².